The average molecular weight is 494 g/mol. The van der Waals surface area contributed by atoms with Crippen molar-refractivity contribution < 1.29 is 22.7 Å². The maximum absolute atomic E-state index is 13.8. The molecule has 0 unspecified atom stereocenters. The molecule has 4 N–H and O–H groups in total. The lowest BCUT2D eigenvalue weighted by Crippen LogP contribution is -2.48. The van der Waals surface area contributed by atoms with Crippen molar-refractivity contribution >= 4 is 21.8 Å². The van der Waals surface area contributed by atoms with Gasteiger partial charge in [-0.25, -0.2) is 13.4 Å². The number of primary amides is 2. The van der Waals surface area contributed by atoms with E-state index in [2.05, 4.69) is 15.0 Å². The van der Waals surface area contributed by atoms with Crippen molar-refractivity contribution in [3.05, 3.63) is 23.1 Å². The summed E-state index contributed by atoms with van der Waals surface area (Å²) in [5.74, 6) is -1.93. The Morgan fingerprint density at radius 3 is 2.21 bits per heavy atom. The molecule has 0 saturated carbocycles. The number of carbonyl (C=O) groups is 2. The summed E-state index contributed by atoms with van der Waals surface area (Å²) in [5, 5.41) is 4.20. The van der Waals surface area contributed by atoms with Crippen LogP contribution in [0.15, 0.2) is 11.1 Å². The molecule has 0 aromatic carbocycles. The van der Waals surface area contributed by atoms with Gasteiger partial charge in [0.15, 0.2) is 5.69 Å². The van der Waals surface area contributed by atoms with E-state index in [9.17, 15) is 18.0 Å². The van der Waals surface area contributed by atoms with Crippen molar-refractivity contribution in [2.24, 2.45) is 18.5 Å². The minimum absolute atomic E-state index is 0.0670. The first-order valence-corrected chi connectivity index (χ1v) is 12.6. The number of aryl methyl sites for hydroxylation is 1. The van der Waals surface area contributed by atoms with E-state index in [1.165, 1.54) is 8.99 Å². The maximum Gasteiger partial charge on any atom is 0.269 e. The van der Waals surface area contributed by atoms with Gasteiger partial charge in [0.25, 0.3) is 11.8 Å². The number of hydrogen-bond donors (Lipinski definition) is 2. The van der Waals surface area contributed by atoms with Gasteiger partial charge in [0.1, 0.15) is 10.5 Å². The normalized spacial score (nSPS) is 15.4. The van der Waals surface area contributed by atoms with E-state index in [0.717, 1.165) is 12.7 Å². The van der Waals surface area contributed by atoms with E-state index in [1.807, 2.05) is 13.8 Å². The molecular weight excluding hydrogens is 462 g/mol. The minimum Gasteiger partial charge on any atom is -0.477 e. The maximum atomic E-state index is 13.8. The van der Waals surface area contributed by atoms with Crippen LogP contribution in [-0.4, -0.2) is 83.5 Å². The number of rotatable bonds is 9. The second-order valence-corrected chi connectivity index (χ2v) is 9.73. The molecular formula is C21H31N7O5S. The topological polar surface area (TPSA) is 167 Å². The fraction of sp³-hybridized carbons (Fsp3) is 0.524. The van der Waals surface area contributed by atoms with Gasteiger partial charge in [0, 0.05) is 50.0 Å². The van der Waals surface area contributed by atoms with E-state index in [0.29, 0.717) is 25.2 Å². The molecule has 0 radical (unpaired) electrons. The molecule has 2 aromatic rings. The highest BCUT2D eigenvalue weighted by molar-refractivity contribution is 7.89. The number of piperazine rings is 1. The van der Waals surface area contributed by atoms with Gasteiger partial charge in [0.2, 0.25) is 15.9 Å². The summed E-state index contributed by atoms with van der Waals surface area (Å²) < 4.78 is 36.0. The number of sulfonamides is 1. The van der Waals surface area contributed by atoms with Gasteiger partial charge in [0.05, 0.1) is 12.8 Å². The van der Waals surface area contributed by atoms with Crippen LogP contribution >= 0.6 is 0 Å². The number of ether oxygens (including phenoxy) is 1. The minimum atomic E-state index is -4.13. The average Bonchev–Trinajstić information content (AvgIpc) is 3.14. The van der Waals surface area contributed by atoms with Crippen molar-refractivity contribution in [1.82, 2.24) is 24.0 Å². The number of carbonyl (C=O) groups excluding carboxylic acids is 2. The van der Waals surface area contributed by atoms with Crippen LogP contribution in [0.1, 0.15) is 47.3 Å². The third-order valence-corrected chi connectivity index (χ3v) is 7.83. The highest BCUT2D eigenvalue weighted by Crippen LogP contribution is 2.40. The van der Waals surface area contributed by atoms with Gasteiger partial charge in [-0.05, 0) is 19.9 Å². The van der Waals surface area contributed by atoms with E-state index in [4.69, 9.17) is 16.2 Å². The summed E-state index contributed by atoms with van der Waals surface area (Å²) in [6.07, 6.45) is 1.52. The fourth-order valence-electron chi connectivity index (χ4n) is 4.22. The molecule has 0 atom stereocenters. The zero-order valence-corrected chi connectivity index (χ0v) is 20.7. The molecule has 1 aliphatic heterocycles. The van der Waals surface area contributed by atoms with Crippen LogP contribution in [0, 0.1) is 0 Å². The zero-order valence-electron chi connectivity index (χ0n) is 19.9. The van der Waals surface area contributed by atoms with Crippen molar-refractivity contribution in [2.75, 3.05) is 39.3 Å². The quantitative estimate of drug-likeness (QED) is 0.491. The summed E-state index contributed by atoms with van der Waals surface area (Å²) >= 11 is 0. The fourth-order valence-corrected chi connectivity index (χ4v) is 5.79. The number of nitrogens with zero attached hydrogens (tertiary/aromatic N) is 5. The van der Waals surface area contributed by atoms with Crippen molar-refractivity contribution in [3.63, 3.8) is 0 Å². The van der Waals surface area contributed by atoms with Crippen LogP contribution in [0.2, 0.25) is 0 Å². The Kier molecular flexibility index (Phi) is 7.58. The molecule has 1 fully saturated rings. The molecule has 3 rings (SSSR count). The lowest BCUT2D eigenvalue weighted by atomic mass is 9.97. The molecule has 0 aliphatic carbocycles. The predicted molar refractivity (Wildman–Crippen MR) is 125 cm³/mol. The molecule has 186 valence electrons. The molecule has 2 aromatic heterocycles. The Balaban J connectivity index is 2.38. The highest BCUT2D eigenvalue weighted by atomic mass is 32.2. The molecule has 1 saturated heterocycles. The van der Waals surface area contributed by atoms with Crippen LogP contribution in [0.5, 0.6) is 5.88 Å². The third kappa shape index (κ3) is 4.50. The number of aromatic nitrogens is 3. The summed E-state index contributed by atoms with van der Waals surface area (Å²) in [6, 6.07) is 0. The Morgan fingerprint density at radius 1 is 1.06 bits per heavy atom. The number of hydrogen-bond acceptors (Lipinski definition) is 8. The number of nitrogens with two attached hydrogens (primary N) is 2. The van der Waals surface area contributed by atoms with Gasteiger partial charge >= 0.3 is 0 Å². The number of amides is 2. The van der Waals surface area contributed by atoms with Crippen LogP contribution < -0.4 is 16.2 Å². The molecule has 2 amide bonds. The first-order valence-electron chi connectivity index (χ1n) is 11.1. The summed E-state index contributed by atoms with van der Waals surface area (Å²) in [7, 11) is -2.51. The van der Waals surface area contributed by atoms with Gasteiger partial charge < -0.3 is 21.1 Å². The standard InChI is InChI=1S/C21H31N7O5S/c1-5-13-15(18(20(23)30)25-26(13)4)16-14(12-24-21(33-7-3)17(16)19(22)29)34(31,32)28-10-8-27(6-2)9-11-28/h12H,5-11H2,1-4H3,(H2,22,29)(H2,23,30). The molecule has 1 aliphatic rings. The number of likely N-dealkylation sites (N-methyl/N-ethyl adjacent to an activating group) is 1. The first kappa shape index (κ1) is 25.6. The SMILES string of the molecule is CCOc1ncc(S(=O)(=O)N2CCN(CC)CC2)c(-c2c(C(N)=O)nn(C)c2CC)c1C(N)=O. The molecule has 0 bridgehead atoms. The Bertz CT molecular complexity index is 1200. The second-order valence-electron chi connectivity index (χ2n) is 7.82. The van der Waals surface area contributed by atoms with Gasteiger partial charge in [-0.15, -0.1) is 0 Å². The van der Waals surface area contributed by atoms with Crippen LogP contribution in [0.4, 0.5) is 0 Å². The Labute approximate surface area is 198 Å². The largest absolute Gasteiger partial charge is 0.477 e. The van der Waals surface area contributed by atoms with Crippen molar-refractivity contribution in [3.8, 4) is 17.0 Å². The van der Waals surface area contributed by atoms with Gasteiger partial charge in [-0.3, -0.25) is 14.3 Å². The summed E-state index contributed by atoms with van der Waals surface area (Å²) in [5.41, 5.74) is 11.5. The summed E-state index contributed by atoms with van der Waals surface area (Å²) in [6.45, 7) is 8.17. The molecule has 12 nitrogen and oxygen atoms in total. The lowest BCUT2D eigenvalue weighted by Gasteiger charge is -2.33. The second kappa shape index (κ2) is 10.1. The Hall–Kier alpha value is -3.03. The van der Waals surface area contributed by atoms with Crippen LogP contribution in [0.25, 0.3) is 11.1 Å². The monoisotopic (exact) mass is 493 g/mol. The Morgan fingerprint density at radius 2 is 1.71 bits per heavy atom. The molecule has 3 heterocycles. The van der Waals surface area contributed by atoms with E-state index in [-0.39, 0.29) is 52.9 Å². The zero-order chi connectivity index (χ0) is 25.2. The lowest BCUT2D eigenvalue weighted by molar-refractivity contribution is 0.0985. The van der Waals surface area contributed by atoms with Gasteiger partial charge in [-0.2, -0.15) is 9.40 Å². The molecule has 13 heteroatoms. The first-order chi connectivity index (χ1) is 16.1. The molecule has 34 heavy (non-hydrogen) atoms. The van der Waals surface area contributed by atoms with E-state index >= 15 is 0 Å². The van der Waals surface area contributed by atoms with E-state index < -0.39 is 21.8 Å². The van der Waals surface area contributed by atoms with Crippen LogP contribution in [0.3, 0.4) is 0 Å². The highest BCUT2D eigenvalue weighted by Gasteiger charge is 2.37. The van der Waals surface area contributed by atoms with Crippen molar-refractivity contribution in [2.45, 2.75) is 32.1 Å². The van der Waals surface area contributed by atoms with Gasteiger partial charge in [-0.1, -0.05) is 13.8 Å². The van der Waals surface area contributed by atoms with Crippen LogP contribution in [-0.2, 0) is 23.5 Å². The summed E-state index contributed by atoms with van der Waals surface area (Å²) in [4.78, 5) is 31.0. The van der Waals surface area contributed by atoms with E-state index in [1.54, 1.807) is 14.0 Å². The third-order valence-electron chi connectivity index (χ3n) is 5.92. The smallest absolute Gasteiger partial charge is 0.269 e. The predicted octanol–water partition coefficient (Wildman–Crippen LogP) is -0.0328. The van der Waals surface area contributed by atoms with Crippen molar-refractivity contribution in [1.29, 1.82) is 0 Å². The number of pyridine rings is 1. The molecule has 0 spiro atoms.